The summed E-state index contributed by atoms with van der Waals surface area (Å²) < 4.78 is 5.16. The number of ether oxygens (including phenoxy) is 1. The lowest BCUT2D eigenvalue weighted by molar-refractivity contribution is 0.356. The molecule has 0 unspecified atom stereocenters. The molecule has 1 radical (unpaired) electrons. The van der Waals surface area contributed by atoms with Gasteiger partial charge >= 0.3 is 0 Å². The van der Waals surface area contributed by atoms with Gasteiger partial charge in [-0.3, -0.25) is 0 Å². The van der Waals surface area contributed by atoms with Crippen LogP contribution in [0.15, 0.2) is 6.07 Å². The van der Waals surface area contributed by atoms with Gasteiger partial charge in [0.25, 0.3) is 0 Å². The minimum atomic E-state index is 0.738. The van der Waals surface area contributed by atoms with E-state index < -0.39 is 0 Å². The summed E-state index contributed by atoms with van der Waals surface area (Å²) in [6.07, 6.45) is 3.49. The topological polar surface area (TPSA) is 35.0 Å². The molecule has 0 fully saturated rings. The first kappa shape index (κ1) is 4.73. The van der Waals surface area contributed by atoms with E-state index in [0.717, 1.165) is 24.5 Å². The van der Waals surface area contributed by atoms with Gasteiger partial charge < -0.3 is 4.74 Å². The second-order valence-corrected chi connectivity index (χ2v) is 1.88. The molecule has 3 heteroatoms. The number of hydrogen-bond acceptors (Lipinski definition) is 3. The van der Waals surface area contributed by atoms with Crippen molar-refractivity contribution in [3.63, 3.8) is 0 Å². The Hall–Kier alpha value is -1.12. The third-order valence-corrected chi connectivity index (χ3v) is 1.30. The van der Waals surface area contributed by atoms with Gasteiger partial charge in [0.1, 0.15) is 17.6 Å². The first-order valence-corrected chi connectivity index (χ1v) is 2.82. The molecule has 0 atom stereocenters. The van der Waals surface area contributed by atoms with Crippen molar-refractivity contribution in [1.82, 2.24) is 10.2 Å². The van der Waals surface area contributed by atoms with Gasteiger partial charge in [-0.15, -0.1) is 5.10 Å². The van der Waals surface area contributed by atoms with Crippen LogP contribution in [0.4, 0.5) is 0 Å². The minimum absolute atomic E-state index is 0.738. The first-order valence-electron chi connectivity index (χ1n) is 2.82. The second kappa shape index (κ2) is 1.69. The third kappa shape index (κ3) is 0.650. The van der Waals surface area contributed by atoms with Gasteiger partial charge in [-0.25, -0.2) is 0 Å². The van der Waals surface area contributed by atoms with E-state index in [1.165, 1.54) is 0 Å². The summed E-state index contributed by atoms with van der Waals surface area (Å²) in [6, 6.07) is 1.72. The van der Waals surface area contributed by atoms with Crippen molar-refractivity contribution in [1.29, 1.82) is 0 Å². The quantitative estimate of drug-likeness (QED) is 0.492. The van der Waals surface area contributed by atoms with Crippen LogP contribution in [0.25, 0.3) is 0 Å². The van der Waals surface area contributed by atoms with Crippen molar-refractivity contribution in [3.8, 4) is 5.75 Å². The molecule has 1 aliphatic rings. The summed E-state index contributed by atoms with van der Waals surface area (Å²) in [7, 11) is 0. The van der Waals surface area contributed by atoms with Crippen molar-refractivity contribution >= 4 is 0 Å². The van der Waals surface area contributed by atoms with E-state index >= 15 is 0 Å². The van der Waals surface area contributed by atoms with Crippen LogP contribution in [-0.4, -0.2) is 16.8 Å². The van der Waals surface area contributed by atoms with E-state index in [1.807, 2.05) is 0 Å². The van der Waals surface area contributed by atoms with Crippen LogP contribution >= 0.6 is 0 Å². The smallest absolute Gasteiger partial charge is 0.145 e. The highest BCUT2D eigenvalue weighted by atomic mass is 16.5. The highest BCUT2D eigenvalue weighted by Gasteiger charge is 2.11. The molecule has 0 amide bonds. The van der Waals surface area contributed by atoms with Gasteiger partial charge in [-0.1, -0.05) is 0 Å². The molecular weight excluding hydrogens is 116 g/mol. The molecule has 0 spiro atoms. The standard InChI is InChI=1S/C6H5N2O/c1-3-7-8-5-2-4-9-6(1)5/h1H,2,4H2. The Bertz CT molecular complexity index is 201. The molecule has 9 heavy (non-hydrogen) atoms. The average Bonchev–Trinajstić information content (AvgIpc) is 2.33. The molecule has 0 aromatic carbocycles. The van der Waals surface area contributed by atoms with Gasteiger partial charge in [0.05, 0.1) is 6.61 Å². The molecule has 0 N–H and O–H groups in total. The molecule has 0 aliphatic carbocycles. The van der Waals surface area contributed by atoms with Crippen molar-refractivity contribution in [2.24, 2.45) is 0 Å². The highest BCUT2D eigenvalue weighted by Crippen LogP contribution is 2.19. The van der Waals surface area contributed by atoms with E-state index in [0.29, 0.717) is 0 Å². The zero-order valence-electron chi connectivity index (χ0n) is 4.79. The molecule has 1 aromatic rings. The fourth-order valence-corrected chi connectivity index (χ4v) is 0.865. The Labute approximate surface area is 52.7 Å². The SMILES string of the molecule is [c]1cc2c(nn1)CCO2. The molecule has 1 aromatic heterocycles. The van der Waals surface area contributed by atoms with E-state index in [-0.39, 0.29) is 0 Å². The fraction of sp³-hybridized carbons (Fsp3) is 0.333. The van der Waals surface area contributed by atoms with Crippen LogP contribution < -0.4 is 4.74 Å². The third-order valence-electron chi connectivity index (χ3n) is 1.30. The van der Waals surface area contributed by atoms with Gasteiger partial charge in [-0.05, 0) is 0 Å². The van der Waals surface area contributed by atoms with Crippen molar-refractivity contribution in [2.75, 3.05) is 6.61 Å². The summed E-state index contributed by atoms with van der Waals surface area (Å²) in [5.74, 6) is 0.838. The Balaban J connectivity index is 2.54. The molecule has 1 aliphatic heterocycles. The molecule has 3 nitrogen and oxygen atoms in total. The van der Waals surface area contributed by atoms with Gasteiger partial charge in [-0.2, -0.15) is 5.10 Å². The average molecular weight is 121 g/mol. The van der Waals surface area contributed by atoms with E-state index in [4.69, 9.17) is 4.74 Å². The number of fused-ring (bicyclic) bond motifs is 1. The minimum Gasteiger partial charge on any atom is -0.491 e. The van der Waals surface area contributed by atoms with E-state index in [1.54, 1.807) is 6.07 Å². The predicted molar refractivity (Wildman–Crippen MR) is 30.1 cm³/mol. The Kier molecular flexibility index (Phi) is 0.886. The molecule has 45 valence electrons. The number of aromatic nitrogens is 2. The number of rotatable bonds is 0. The summed E-state index contributed by atoms with van der Waals surface area (Å²) in [5.41, 5.74) is 0.953. The van der Waals surface area contributed by atoms with Gasteiger partial charge in [0.2, 0.25) is 0 Å². The molecular formula is C6H5N2O. The van der Waals surface area contributed by atoms with Crippen LogP contribution in [0, 0.1) is 6.20 Å². The van der Waals surface area contributed by atoms with Crippen LogP contribution in [0.1, 0.15) is 5.69 Å². The van der Waals surface area contributed by atoms with Crippen molar-refractivity contribution in [3.05, 3.63) is 18.0 Å². The summed E-state index contributed by atoms with van der Waals surface area (Å²) in [6.45, 7) is 0.738. The Morgan fingerprint density at radius 2 is 2.67 bits per heavy atom. The molecule has 2 heterocycles. The summed E-state index contributed by atoms with van der Waals surface area (Å²) in [4.78, 5) is 0. The first-order chi connectivity index (χ1) is 4.47. The Morgan fingerprint density at radius 3 is 3.56 bits per heavy atom. The predicted octanol–water partition coefficient (Wildman–Crippen LogP) is 0.212. The summed E-state index contributed by atoms with van der Waals surface area (Å²) >= 11 is 0. The maximum atomic E-state index is 5.16. The molecule has 2 rings (SSSR count). The fourth-order valence-electron chi connectivity index (χ4n) is 0.865. The zero-order valence-corrected chi connectivity index (χ0v) is 4.79. The number of nitrogens with zero attached hydrogens (tertiary/aromatic N) is 2. The molecule has 0 saturated heterocycles. The van der Waals surface area contributed by atoms with Crippen LogP contribution in [-0.2, 0) is 6.42 Å². The lowest BCUT2D eigenvalue weighted by atomic mass is 10.3. The Morgan fingerprint density at radius 1 is 1.67 bits per heavy atom. The lowest BCUT2D eigenvalue weighted by Gasteiger charge is -1.91. The van der Waals surface area contributed by atoms with Gasteiger partial charge in [0.15, 0.2) is 0 Å². The van der Waals surface area contributed by atoms with E-state index in [9.17, 15) is 0 Å². The maximum absolute atomic E-state index is 5.16. The largest absolute Gasteiger partial charge is 0.491 e. The summed E-state index contributed by atoms with van der Waals surface area (Å²) in [5, 5.41) is 7.43. The highest BCUT2D eigenvalue weighted by molar-refractivity contribution is 5.27. The van der Waals surface area contributed by atoms with Crippen LogP contribution in [0.5, 0.6) is 5.75 Å². The maximum Gasteiger partial charge on any atom is 0.145 e. The molecule has 0 saturated carbocycles. The van der Waals surface area contributed by atoms with Crippen molar-refractivity contribution < 1.29 is 4.74 Å². The monoisotopic (exact) mass is 121 g/mol. The normalized spacial score (nSPS) is 14.7. The van der Waals surface area contributed by atoms with Crippen molar-refractivity contribution in [2.45, 2.75) is 6.42 Å². The van der Waals surface area contributed by atoms with Gasteiger partial charge in [0, 0.05) is 12.5 Å². The lowest BCUT2D eigenvalue weighted by Crippen LogP contribution is -1.86. The zero-order chi connectivity index (χ0) is 6.10. The second-order valence-electron chi connectivity index (χ2n) is 1.88. The molecule has 0 bridgehead atoms. The van der Waals surface area contributed by atoms with E-state index in [2.05, 4.69) is 16.4 Å². The number of hydrogen-bond donors (Lipinski definition) is 0. The van der Waals surface area contributed by atoms with Crippen LogP contribution in [0.2, 0.25) is 0 Å². The van der Waals surface area contributed by atoms with Crippen LogP contribution in [0.3, 0.4) is 0 Å².